The normalized spacial score (nSPS) is 19.0. The highest BCUT2D eigenvalue weighted by Crippen LogP contribution is 2.28. The average molecular weight is 507 g/mol. The van der Waals surface area contributed by atoms with Crippen LogP contribution in [0.3, 0.4) is 0 Å². The van der Waals surface area contributed by atoms with Gasteiger partial charge in [-0.25, -0.2) is 4.98 Å². The fourth-order valence-corrected chi connectivity index (χ4v) is 6.11. The van der Waals surface area contributed by atoms with Gasteiger partial charge in [-0.3, -0.25) is 14.2 Å². The van der Waals surface area contributed by atoms with Crippen molar-refractivity contribution in [2.45, 2.75) is 38.3 Å². The Bertz CT molecular complexity index is 1370. The number of likely N-dealkylation sites (tertiary alicyclic amines) is 1. The first kappa shape index (κ1) is 24.4. The maximum Gasteiger partial charge on any atom is 0.273 e. The number of fused-ring (bicyclic) bond motifs is 1. The van der Waals surface area contributed by atoms with E-state index in [1.54, 1.807) is 27.7 Å². The van der Waals surface area contributed by atoms with E-state index in [1.165, 1.54) is 11.3 Å². The molecule has 9 nitrogen and oxygen atoms in total. The third kappa shape index (κ3) is 4.74. The van der Waals surface area contributed by atoms with E-state index >= 15 is 0 Å². The monoisotopic (exact) mass is 506 g/mol. The molecule has 10 heteroatoms. The van der Waals surface area contributed by atoms with E-state index in [0.717, 1.165) is 37.8 Å². The summed E-state index contributed by atoms with van der Waals surface area (Å²) >= 11 is 1.18. The summed E-state index contributed by atoms with van der Waals surface area (Å²) in [5.74, 6) is 0.660. The molecule has 0 unspecified atom stereocenters. The number of thiophene rings is 1. The Balaban J connectivity index is 1.55. The molecule has 0 saturated carbocycles. The summed E-state index contributed by atoms with van der Waals surface area (Å²) < 4.78 is 2.05. The minimum Gasteiger partial charge on any atom is -0.396 e. The molecule has 3 N–H and O–H groups in total. The number of nitrogens with two attached hydrogens (primary N) is 1. The van der Waals surface area contributed by atoms with Crippen LogP contribution in [0.15, 0.2) is 35.1 Å². The second-order valence-electron chi connectivity index (χ2n) is 9.66. The summed E-state index contributed by atoms with van der Waals surface area (Å²) in [6.45, 7) is 2.87. The number of hydrogen-bond donors (Lipinski definition) is 2. The maximum atomic E-state index is 13.8. The van der Waals surface area contributed by atoms with Crippen molar-refractivity contribution in [2.24, 2.45) is 11.7 Å². The van der Waals surface area contributed by atoms with Gasteiger partial charge in [-0.2, -0.15) is 5.26 Å². The molecular formula is C26H30N6O3S. The summed E-state index contributed by atoms with van der Waals surface area (Å²) in [4.78, 5) is 36.3. The quantitative estimate of drug-likeness (QED) is 0.543. The number of piperidine rings is 2. The second-order valence-corrected chi connectivity index (χ2v) is 10.7. The second kappa shape index (κ2) is 10.4. The molecule has 0 aliphatic carbocycles. The van der Waals surface area contributed by atoms with Crippen LogP contribution < -0.4 is 16.2 Å². The fourth-order valence-electron chi connectivity index (χ4n) is 5.09. The molecule has 188 valence electrons. The Morgan fingerprint density at radius 2 is 2.00 bits per heavy atom. The number of aromatic nitrogens is 2. The van der Waals surface area contributed by atoms with Gasteiger partial charge in [0.25, 0.3) is 11.5 Å². The number of nitriles is 1. The summed E-state index contributed by atoms with van der Waals surface area (Å²) in [6.07, 6.45) is 3.37. The van der Waals surface area contributed by atoms with Gasteiger partial charge >= 0.3 is 0 Å². The first-order valence-corrected chi connectivity index (χ1v) is 13.2. The first-order chi connectivity index (χ1) is 17.5. The van der Waals surface area contributed by atoms with Crippen LogP contribution in [0.2, 0.25) is 0 Å². The molecule has 5 rings (SSSR count). The van der Waals surface area contributed by atoms with Crippen molar-refractivity contribution in [3.63, 3.8) is 0 Å². The van der Waals surface area contributed by atoms with E-state index in [2.05, 4.69) is 6.07 Å². The number of hydrogen-bond acceptors (Lipinski definition) is 8. The van der Waals surface area contributed by atoms with Gasteiger partial charge in [0.1, 0.15) is 4.70 Å². The molecule has 0 bridgehead atoms. The predicted octanol–water partition coefficient (Wildman–Crippen LogP) is 2.15. The number of carbonyl (C=O) groups is 1. The van der Waals surface area contributed by atoms with E-state index in [-0.39, 0.29) is 36.6 Å². The summed E-state index contributed by atoms with van der Waals surface area (Å²) in [5, 5.41) is 19.0. The number of rotatable bonds is 5. The third-order valence-electron chi connectivity index (χ3n) is 7.19. The number of benzene rings is 1. The smallest absolute Gasteiger partial charge is 0.273 e. The number of anilines is 1. The number of nitrogens with zero attached hydrogens (tertiary/aromatic N) is 5. The van der Waals surface area contributed by atoms with Gasteiger partial charge in [-0.05, 0) is 49.3 Å². The van der Waals surface area contributed by atoms with E-state index in [9.17, 15) is 20.0 Å². The minimum absolute atomic E-state index is 0.00680. The van der Waals surface area contributed by atoms with Crippen molar-refractivity contribution in [3.8, 4) is 6.07 Å². The molecule has 36 heavy (non-hydrogen) atoms. The number of aliphatic hydroxyl groups is 1. The van der Waals surface area contributed by atoms with Gasteiger partial charge in [0.2, 0.25) is 5.95 Å². The lowest BCUT2D eigenvalue weighted by Crippen LogP contribution is -2.45. The number of aliphatic hydroxyl groups excluding tert-OH is 1. The predicted molar refractivity (Wildman–Crippen MR) is 139 cm³/mol. The van der Waals surface area contributed by atoms with Crippen LogP contribution in [0, 0.1) is 17.2 Å². The Hall–Kier alpha value is -3.26. The molecule has 2 aliphatic heterocycles. The van der Waals surface area contributed by atoms with Crippen molar-refractivity contribution in [3.05, 3.63) is 56.7 Å². The molecule has 0 spiro atoms. The Morgan fingerprint density at radius 3 is 2.72 bits per heavy atom. The highest BCUT2D eigenvalue weighted by atomic mass is 32.1. The molecule has 0 radical (unpaired) electrons. The number of carbonyl (C=O) groups excluding carboxylic acids is 1. The van der Waals surface area contributed by atoms with E-state index in [4.69, 9.17) is 10.7 Å². The van der Waals surface area contributed by atoms with Crippen LogP contribution in [0.4, 0.5) is 5.95 Å². The standard InChI is InChI=1S/C26H30N6O3S/c27-13-18-4-1-2-5-19(18)14-32-25(35)23-21(29-26(32)31-9-3-6-20(28)15-31)12-22(36-23)24(34)30-10-7-17(16-33)8-11-30/h1-2,4-5,12,17,20,33H,3,6-11,14-16,28H2/t20-/m1/s1. The molecule has 2 aromatic heterocycles. The highest BCUT2D eigenvalue weighted by Gasteiger charge is 2.27. The zero-order valence-corrected chi connectivity index (χ0v) is 20.9. The Labute approximate surface area is 213 Å². The molecule has 1 amide bonds. The lowest BCUT2D eigenvalue weighted by Gasteiger charge is -2.33. The van der Waals surface area contributed by atoms with Crippen LogP contribution in [-0.4, -0.2) is 64.3 Å². The molecule has 3 aromatic rings. The molecule has 4 heterocycles. The van der Waals surface area contributed by atoms with Gasteiger partial charge in [-0.1, -0.05) is 18.2 Å². The topological polar surface area (TPSA) is 128 Å². The molecule has 1 atom stereocenters. The first-order valence-electron chi connectivity index (χ1n) is 12.4. The van der Waals surface area contributed by atoms with E-state index in [1.807, 2.05) is 17.0 Å². The van der Waals surface area contributed by atoms with E-state index < -0.39 is 0 Å². The zero-order valence-electron chi connectivity index (χ0n) is 20.1. The van der Waals surface area contributed by atoms with Crippen LogP contribution in [-0.2, 0) is 6.54 Å². The molecule has 2 aliphatic rings. The minimum atomic E-state index is -0.218. The molecule has 2 saturated heterocycles. The van der Waals surface area contributed by atoms with Gasteiger partial charge in [-0.15, -0.1) is 11.3 Å². The van der Waals surface area contributed by atoms with Crippen LogP contribution in [0.1, 0.15) is 46.5 Å². The summed E-state index contributed by atoms with van der Waals surface area (Å²) in [6, 6.07) is 11.2. The van der Waals surface area contributed by atoms with Gasteiger partial charge in [0, 0.05) is 38.8 Å². The average Bonchev–Trinajstić information content (AvgIpc) is 3.34. The van der Waals surface area contributed by atoms with Gasteiger partial charge < -0.3 is 20.6 Å². The van der Waals surface area contributed by atoms with Crippen LogP contribution in [0.25, 0.3) is 10.2 Å². The summed E-state index contributed by atoms with van der Waals surface area (Å²) in [5.41, 5.74) is 7.79. The van der Waals surface area contributed by atoms with Crippen LogP contribution in [0.5, 0.6) is 0 Å². The zero-order chi connectivity index (χ0) is 25.2. The van der Waals surface area contributed by atoms with Crippen molar-refractivity contribution in [1.29, 1.82) is 5.26 Å². The van der Waals surface area contributed by atoms with Gasteiger partial charge in [0.15, 0.2) is 0 Å². The maximum absolute atomic E-state index is 13.8. The Kier molecular flexibility index (Phi) is 7.05. The lowest BCUT2D eigenvalue weighted by atomic mass is 9.98. The number of amides is 1. The largest absolute Gasteiger partial charge is 0.396 e. The van der Waals surface area contributed by atoms with E-state index in [0.29, 0.717) is 46.2 Å². The highest BCUT2D eigenvalue weighted by molar-refractivity contribution is 7.20. The molecule has 2 fully saturated rings. The SMILES string of the molecule is N#Cc1ccccc1Cn1c(N2CCC[C@@H](N)C2)nc2cc(C(=O)N3CCC(CO)CC3)sc2c1=O. The third-order valence-corrected chi connectivity index (χ3v) is 8.29. The van der Waals surface area contributed by atoms with Crippen molar-refractivity contribution < 1.29 is 9.90 Å². The van der Waals surface area contributed by atoms with Crippen molar-refractivity contribution in [2.75, 3.05) is 37.7 Å². The van der Waals surface area contributed by atoms with Gasteiger partial charge in [0.05, 0.1) is 28.6 Å². The Morgan fingerprint density at radius 1 is 1.22 bits per heavy atom. The fraction of sp³-hybridized carbons (Fsp3) is 0.462. The van der Waals surface area contributed by atoms with Crippen LogP contribution >= 0.6 is 11.3 Å². The van der Waals surface area contributed by atoms with Crippen molar-refractivity contribution in [1.82, 2.24) is 14.5 Å². The van der Waals surface area contributed by atoms with Crippen molar-refractivity contribution >= 4 is 33.4 Å². The molecule has 1 aromatic carbocycles. The molecular weight excluding hydrogens is 476 g/mol. The lowest BCUT2D eigenvalue weighted by molar-refractivity contribution is 0.0655. The summed E-state index contributed by atoms with van der Waals surface area (Å²) in [7, 11) is 0.